The van der Waals surface area contributed by atoms with Crippen LogP contribution in [0.25, 0.3) is 0 Å². The van der Waals surface area contributed by atoms with Gasteiger partial charge in [-0.15, -0.1) is 0 Å². The molecule has 0 spiro atoms. The summed E-state index contributed by atoms with van der Waals surface area (Å²) in [5.41, 5.74) is 3.67. The number of morpholine rings is 1. The van der Waals surface area contributed by atoms with Gasteiger partial charge in [-0.25, -0.2) is 0 Å². The summed E-state index contributed by atoms with van der Waals surface area (Å²) in [6, 6.07) is 5.68. The van der Waals surface area contributed by atoms with Crippen molar-refractivity contribution in [2.24, 2.45) is 5.10 Å². The van der Waals surface area contributed by atoms with Crippen LogP contribution < -0.4 is 20.2 Å². The molecule has 0 unspecified atom stereocenters. The van der Waals surface area contributed by atoms with Crippen molar-refractivity contribution in [3.63, 3.8) is 0 Å². The fourth-order valence-corrected chi connectivity index (χ4v) is 2.84. The molecule has 0 amide bonds. The maximum atomic E-state index is 5.86. The standard InChI is InChI=1S/C19H30N4O3S/c1-15(2)26-18-16(6-4-7-17(18)24-3)14-21-22-19(27)20-8-5-9-23-10-12-25-13-11-23/h4,6-7,14-15H,5,8-13H2,1-3H3,(H2,20,22,27)/b21-14-. The normalized spacial score (nSPS) is 15.1. The Kier molecular flexibility index (Phi) is 9.30. The molecular weight excluding hydrogens is 364 g/mol. The van der Waals surface area contributed by atoms with Crippen LogP contribution in [0.15, 0.2) is 23.3 Å². The van der Waals surface area contributed by atoms with Crippen LogP contribution in [0.5, 0.6) is 11.5 Å². The molecule has 1 aromatic carbocycles. The van der Waals surface area contributed by atoms with Gasteiger partial charge in [-0.1, -0.05) is 6.07 Å². The van der Waals surface area contributed by atoms with Crippen LogP contribution >= 0.6 is 12.2 Å². The molecule has 0 aromatic heterocycles. The lowest BCUT2D eigenvalue weighted by atomic mass is 10.2. The zero-order valence-corrected chi connectivity index (χ0v) is 17.2. The van der Waals surface area contributed by atoms with E-state index in [1.54, 1.807) is 13.3 Å². The summed E-state index contributed by atoms with van der Waals surface area (Å²) in [6.45, 7) is 9.47. The van der Waals surface area contributed by atoms with Crippen molar-refractivity contribution >= 4 is 23.5 Å². The number of para-hydroxylation sites is 1. The smallest absolute Gasteiger partial charge is 0.186 e. The third kappa shape index (κ3) is 7.70. The summed E-state index contributed by atoms with van der Waals surface area (Å²) >= 11 is 5.27. The summed E-state index contributed by atoms with van der Waals surface area (Å²) in [5, 5.41) is 7.89. The molecule has 1 aliphatic heterocycles. The van der Waals surface area contributed by atoms with Gasteiger partial charge in [0.25, 0.3) is 0 Å². The van der Waals surface area contributed by atoms with Crippen molar-refractivity contribution in [2.75, 3.05) is 46.5 Å². The number of nitrogens with zero attached hydrogens (tertiary/aromatic N) is 2. The average molecular weight is 395 g/mol. The first kappa shape index (κ1) is 21.4. The monoisotopic (exact) mass is 394 g/mol. The topological polar surface area (TPSA) is 67.4 Å². The highest BCUT2D eigenvalue weighted by Crippen LogP contribution is 2.30. The lowest BCUT2D eigenvalue weighted by molar-refractivity contribution is 0.0376. The fourth-order valence-electron chi connectivity index (χ4n) is 2.69. The highest BCUT2D eigenvalue weighted by Gasteiger charge is 2.11. The number of nitrogens with one attached hydrogen (secondary N) is 2. The molecule has 2 N–H and O–H groups in total. The minimum absolute atomic E-state index is 0.0376. The van der Waals surface area contributed by atoms with Crippen molar-refractivity contribution in [3.8, 4) is 11.5 Å². The average Bonchev–Trinajstić information content (AvgIpc) is 2.67. The Morgan fingerprint density at radius 3 is 2.85 bits per heavy atom. The maximum Gasteiger partial charge on any atom is 0.186 e. The zero-order valence-electron chi connectivity index (χ0n) is 16.4. The van der Waals surface area contributed by atoms with Crippen molar-refractivity contribution in [1.82, 2.24) is 15.6 Å². The van der Waals surface area contributed by atoms with Crippen LogP contribution in [0.3, 0.4) is 0 Å². The first-order valence-electron chi connectivity index (χ1n) is 9.31. The quantitative estimate of drug-likeness (QED) is 0.287. The van der Waals surface area contributed by atoms with E-state index in [0.717, 1.165) is 51.4 Å². The Balaban J connectivity index is 1.76. The van der Waals surface area contributed by atoms with E-state index < -0.39 is 0 Å². The fraction of sp³-hybridized carbons (Fsp3) is 0.579. The second kappa shape index (κ2) is 11.7. The predicted molar refractivity (Wildman–Crippen MR) is 112 cm³/mol. The van der Waals surface area contributed by atoms with Crippen LogP contribution in [0.4, 0.5) is 0 Å². The lowest BCUT2D eigenvalue weighted by Gasteiger charge is -2.26. The Morgan fingerprint density at radius 2 is 2.15 bits per heavy atom. The van der Waals surface area contributed by atoms with Gasteiger partial charge in [0.15, 0.2) is 16.6 Å². The van der Waals surface area contributed by atoms with Gasteiger partial charge in [-0.2, -0.15) is 5.10 Å². The maximum absolute atomic E-state index is 5.86. The van der Waals surface area contributed by atoms with Gasteiger partial charge in [-0.05, 0) is 51.2 Å². The molecule has 1 fully saturated rings. The minimum Gasteiger partial charge on any atom is -0.493 e. The van der Waals surface area contributed by atoms with Crippen LogP contribution in [-0.4, -0.2) is 68.8 Å². The Bertz CT molecular complexity index is 619. The number of benzene rings is 1. The Morgan fingerprint density at radius 1 is 1.37 bits per heavy atom. The molecule has 2 rings (SSSR count). The summed E-state index contributed by atoms with van der Waals surface area (Å²) in [5.74, 6) is 1.35. The largest absolute Gasteiger partial charge is 0.493 e. The minimum atomic E-state index is 0.0376. The van der Waals surface area contributed by atoms with Gasteiger partial charge in [0.05, 0.1) is 32.6 Å². The van der Waals surface area contributed by atoms with Crippen molar-refractivity contribution in [3.05, 3.63) is 23.8 Å². The number of hydrogen-bond donors (Lipinski definition) is 2. The van der Waals surface area contributed by atoms with Gasteiger partial charge in [0.1, 0.15) is 0 Å². The molecule has 8 heteroatoms. The van der Waals surface area contributed by atoms with E-state index in [1.165, 1.54) is 0 Å². The summed E-state index contributed by atoms with van der Waals surface area (Å²) in [7, 11) is 1.62. The number of rotatable bonds is 9. The zero-order chi connectivity index (χ0) is 19.5. The summed E-state index contributed by atoms with van der Waals surface area (Å²) in [6.07, 6.45) is 2.74. The van der Waals surface area contributed by atoms with E-state index in [-0.39, 0.29) is 6.10 Å². The van der Waals surface area contributed by atoms with E-state index in [0.29, 0.717) is 16.6 Å². The van der Waals surface area contributed by atoms with E-state index in [2.05, 4.69) is 20.7 Å². The van der Waals surface area contributed by atoms with E-state index in [9.17, 15) is 0 Å². The first-order valence-corrected chi connectivity index (χ1v) is 9.71. The molecule has 1 saturated heterocycles. The van der Waals surface area contributed by atoms with Crippen LogP contribution in [0.1, 0.15) is 25.8 Å². The second-order valence-electron chi connectivity index (χ2n) is 6.48. The SMILES string of the molecule is COc1cccc(/C=N\NC(=S)NCCCN2CCOCC2)c1OC(C)C. The first-order chi connectivity index (χ1) is 13.1. The second-order valence-corrected chi connectivity index (χ2v) is 6.89. The number of ether oxygens (including phenoxy) is 3. The molecular formula is C19H30N4O3S. The molecule has 0 atom stereocenters. The van der Waals surface area contributed by atoms with Crippen LogP contribution in [0, 0.1) is 0 Å². The Labute approximate surface area is 167 Å². The highest BCUT2D eigenvalue weighted by molar-refractivity contribution is 7.80. The number of hydrogen-bond acceptors (Lipinski definition) is 6. The number of methoxy groups -OCH3 is 1. The molecule has 0 aliphatic carbocycles. The lowest BCUT2D eigenvalue weighted by Crippen LogP contribution is -2.39. The summed E-state index contributed by atoms with van der Waals surface area (Å²) in [4.78, 5) is 2.40. The third-order valence-corrected chi connectivity index (χ3v) is 4.23. The molecule has 1 aliphatic rings. The molecule has 0 bridgehead atoms. The van der Waals surface area contributed by atoms with E-state index in [4.69, 9.17) is 26.4 Å². The van der Waals surface area contributed by atoms with Crippen molar-refractivity contribution in [1.29, 1.82) is 0 Å². The molecule has 7 nitrogen and oxygen atoms in total. The summed E-state index contributed by atoms with van der Waals surface area (Å²) < 4.78 is 16.6. The number of thiocarbonyl (C=S) groups is 1. The van der Waals surface area contributed by atoms with Gasteiger partial charge < -0.3 is 19.5 Å². The van der Waals surface area contributed by atoms with Crippen LogP contribution in [0.2, 0.25) is 0 Å². The van der Waals surface area contributed by atoms with E-state index in [1.807, 2.05) is 32.0 Å². The van der Waals surface area contributed by atoms with Gasteiger partial charge in [-0.3, -0.25) is 10.3 Å². The van der Waals surface area contributed by atoms with Crippen molar-refractivity contribution in [2.45, 2.75) is 26.4 Å². The van der Waals surface area contributed by atoms with Gasteiger partial charge >= 0.3 is 0 Å². The molecule has 1 heterocycles. The Hall–Kier alpha value is -1.90. The van der Waals surface area contributed by atoms with Gasteiger partial charge in [0.2, 0.25) is 0 Å². The number of hydrazone groups is 1. The molecule has 0 radical (unpaired) electrons. The van der Waals surface area contributed by atoms with Gasteiger partial charge in [0, 0.05) is 25.2 Å². The van der Waals surface area contributed by atoms with E-state index >= 15 is 0 Å². The van der Waals surface area contributed by atoms with Crippen LogP contribution in [-0.2, 0) is 4.74 Å². The highest BCUT2D eigenvalue weighted by atomic mass is 32.1. The molecule has 0 saturated carbocycles. The van der Waals surface area contributed by atoms with Crippen molar-refractivity contribution < 1.29 is 14.2 Å². The molecule has 1 aromatic rings. The predicted octanol–water partition coefficient (Wildman–Crippen LogP) is 2.00. The molecule has 150 valence electrons. The molecule has 27 heavy (non-hydrogen) atoms. The third-order valence-electron chi connectivity index (χ3n) is 3.99.